The Bertz CT molecular complexity index is 500. The molecule has 3 nitrogen and oxygen atoms in total. The molecule has 0 aromatic heterocycles. The van der Waals surface area contributed by atoms with Gasteiger partial charge in [-0.25, -0.2) is 8.57 Å². The lowest BCUT2D eigenvalue weighted by Crippen LogP contribution is -2.30. The Morgan fingerprint density at radius 2 is 2.00 bits per heavy atom. The first-order valence-corrected chi connectivity index (χ1v) is 7.68. The smallest absolute Gasteiger partial charge is 0.0910 e. The Morgan fingerprint density at radius 1 is 1.39 bits per heavy atom. The van der Waals surface area contributed by atoms with Crippen LogP contribution < -0.4 is 0 Å². The predicted octanol–water partition coefficient (Wildman–Crippen LogP) is 2.86. The van der Waals surface area contributed by atoms with Gasteiger partial charge in [-0.15, -0.1) is 0 Å². The number of hydrogen-bond donors (Lipinski definition) is 1. The number of benzene rings is 1. The second-order valence-corrected chi connectivity index (χ2v) is 6.62. The van der Waals surface area contributed by atoms with Crippen LogP contribution in [-0.4, -0.2) is 27.7 Å². The van der Waals surface area contributed by atoms with E-state index >= 15 is 0 Å². The van der Waals surface area contributed by atoms with Gasteiger partial charge < -0.3 is 5.11 Å². The zero-order valence-electron chi connectivity index (χ0n) is 11.1. The van der Waals surface area contributed by atoms with Crippen molar-refractivity contribution in [2.45, 2.75) is 36.5 Å². The third-order valence-corrected chi connectivity index (χ3v) is 5.54. The van der Waals surface area contributed by atoms with Gasteiger partial charge in [0.05, 0.1) is 21.1 Å². The van der Waals surface area contributed by atoms with Crippen LogP contribution in [0.2, 0.25) is 0 Å². The molecule has 100 valence electrons. The van der Waals surface area contributed by atoms with Crippen molar-refractivity contribution in [3.63, 3.8) is 0 Å². The topological polar surface area (TPSA) is 49.7 Å². The molecule has 0 spiro atoms. The molecule has 0 aliphatic rings. The van der Waals surface area contributed by atoms with E-state index in [1.807, 2.05) is 37.3 Å². The molecule has 0 aliphatic carbocycles. The van der Waals surface area contributed by atoms with Crippen LogP contribution in [0.4, 0.5) is 0 Å². The summed E-state index contributed by atoms with van der Waals surface area (Å²) in [7, 11) is -1.08. The van der Waals surface area contributed by atoms with Gasteiger partial charge in [-0.3, -0.25) is 0 Å². The van der Waals surface area contributed by atoms with Crippen LogP contribution in [0.3, 0.4) is 0 Å². The second-order valence-electron chi connectivity index (χ2n) is 4.11. The zero-order valence-corrected chi connectivity index (χ0v) is 11.9. The van der Waals surface area contributed by atoms with E-state index < -0.39 is 21.1 Å². The summed E-state index contributed by atoms with van der Waals surface area (Å²) in [5.41, 5.74) is 0. The zero-order chi connectivity index (χ0) is 13.6. The van der Waals surface area contributed by atoms with E-state index in [0.717, 1.165) is 6.42 Å². The molecular formula is C14H21NO2S. The minimum atomic E-state index is -2.63. The molecule has 1 rings (SSSR count). The third kappa shape index (κ3) is 3.21. The average molecular weight is 267 g/mol. The average Bonchev–Trinajstić information content (AvgIpc) is 2.39. The van der Waals surface area contributed by atoms with Gasteiger partial charge in [0.25, 0.3) is 0 Å². The molecule has 18 heavy (non-hydrogen) atoms. The largest absolute Gasteiger partial charge is 0.392 e. The monoisotopic (exact) mass is 267 g/mol. The molecule has 0 fully saturated rings. The number of aliphatic hydroxyl groups excluding tert-OH is 1. The van der Waals surface area contributed by atoms with Gasteiger partial charge in [0, 0.05) is 11.9 Å². The summed E-state index contributed by atoms with van der Waals surface area (Å²) in [5.74, 6) is 0. The highest BCUT2D eigenvalue weighted by molar-refractivity contribution is 7.94. The first-order valence-electron chi connectivity index (χ1n) is 6.10. The summed E-state index contributed by atoms with van der Waals surface area (Å²) in [5, 5.41) is 9.39. The van der Waals surface area contributed by atoms with Crippen molar-refractivity contribution in [2.24, 2.45) is 4.36 Å². The maximum Gasteiger partial charge on any atom is 0.0910 e. The second kappa shape index (κ2) is 6.71. The van der Waals surface area contributed by atoms with E-state index in [-0.39, 0.29) is 0 Å². The van der Waals surface area contributed by atoms with Crippen LogP contribution in [-0.2, 0) is 9.73 Å². The first kappa shape index (κ1) is 14.9. The quantitative estimate of drug-likeness (QED) is 0.834. The Labute approximate surface area is 110 Å². The van der Waals surface area contributed by atoms with Gasteiger partial charge >= 0.3 is 0 Å². The number of allylic oxidation sites excluding steroid dienone is 1. The lowest BCUT2D eigenvalue weighted by atomic mass is 10.2. The molecule has 0 unspecified atom stereocenters. The fraction of sp³-hybridized carbons (Fsp3) is 0.429. The minimum absolute atomic E-state index is 0.482. The van der Waals surface area contributed by atoms with Crippen LogP contribution >= 0.6 is 0 Å². The molecule has 1 N–H and O–H groups in total. The lowest BCUT2D eigenvalue weighted by molar-refractivity contribution is 0.201. The van der Waals surface area contributed by atoms with Crippen LogP contribution in [0.1, 0.15) is 20.3 Å². The lowest BCUT2D eigenvalue weighted by Gasteiger charge is -2.21. The summed E-state index contributed by atoms with van der Waals surface area (Å²) in [6.07, 6.45) is 3.87. The van der Waals surface area contributed by atoms with Gasteiger partial charge in [-0.1, -0.05) is 37.3 Å². The van der Waals surface area contributed by atoms with Gasteiger partial charge in [-0.2, -0.15) is 0 Å². The van der Waals surface area contributed by atoms with Crippen molar-refractivity contribution in [3.05, 3.63) is 42.5 Å². The first-order chi connectivity index (χ1) is 8.56. The van der Waals surface area contributed by atoms with Crippen molar-refractivity contribution in [1.29, 1.82) is 0 Å². The predicted molar refractivity (Wildman–Crippen MR) is 76.1 cm³/mol. The van der Waals surface area contributed by atoms with Crippen molar-refractivity contribution in [3.8, 4) is 0 Å². The SMILES string of the molecule is CC/C=C\[C@H]([C@@H](C)O)[S@](=O)(=NC)c1ccccc1. The van der Waals surface area contributed by atoms with Crippen molar-refractivity contribution in [1.82, 2.24) is 0 Å². The number of aliphatic hydroxyl groups is 1. The highest BCUT2D eigenvalue weighted by Crippen LogP contribution is 2.22. The fourth-order valence-electron chi connectivity index (χ4n) is 1.80. The van der Waals surface area contributed by atoms with Gasteiger partial charge in [0.1, 0.15) is 0 Å². The van der Waals surface area contributed by atoms with Crippen LogP contribution in [0.15, 0.2) is 51.7 Å². The summed E-state index contributed by atoms with van der Waals surface area (Å²) in [4.78, 5) is 0.666. The molecule has 4 heteroatoms. The van der Waals surface area contributed by atoms with Gasteiger partial charge in [0.15, 0.2) is 0 Å². The third-order valence-electron chi connectivity index (χ3n) is 2.76. The Balaban J connectivity index is 3.30. The number of rotatable bonds is 5. The fourth-order valence-corrected chi connectivity index (χ4v) is 3.98. The summed E-state index contributed by atoms with van der Waals surface area (Å²) >= 11 is 0. The Kier molecular flexibility index (Phi) is 5.56. The van der Waals surface area contributed by atoms with Crippen LogP contribution in [0.25, 0.3) is 0 Å². The van der Waals surface area contributed by atoms with Crippen LogP contribution in [0, 0.1) is 0 Å². The molecule has 0 bridgehead atoms. The minimum Gasteiger partial charge on any atom is -0.392 e. The molecule has 0 aliphatic heterocycles. The molecule has 1 aromatic rings. The van der Waals surface area contributed by atoms with E-state index in [4.69, 9.17) is 0 Å². The Morgan fingerprint density at radius 3 is 2.44 bits per heavy atom. The molecule has 0 radical (unpaired) electrons. The number of hydrogen-bond acceptors (Lipinski definition) is 3. The van der Waals surface area contributed by atoms with Gasteiger partial charge in [-0.05, 0) is 25.5 Å². The highest BCUT2D eigenvalue weighted by atomic mass is 32.2. The number of nitrogens with zero attached hydrogens (tertiary/aromatic N) is 1. The van der Waals surface area contributed by atoms with E-state index in [0.29, 0.717) is 4.90 Å². The maximum atomic E-state index is 13.0. The maximum absolute atomic E-state index is 13.0. The van der Waals surface area contributed by atoms with Crippen molar-refractivity contribution < 1.29 is 9.32 Å². The molecule has 0 amide bonds. The molecule has 0 heterocycles. The standard InChI is InChI=1S/C14H21NO2S/c1-4-5-11-14(12(2)16)18(17,15-3)13-9-7-6-8-10-13/h5-12,14,16H,4H2,1-3H3/b11-5-/t12-,14-,18+/m1/s1. The van der Waals surface area contributed by atoms with Gasteiger partial charge in [0.2, 0.25) is 0 Å². The Hall–Kier alpha value is -1.13. The molecular weight excluding hydrogens is 246 g/mol. The molecule has 3 atom stereocenters. The highest BCUT2D eigenvalue weighted by Gasteiger charge is 2.26. The summed E-state index contributed by atoms with van der Waals surface area (Å²) < 4.78 is 17.1. The summed E-state index contributed by atoms with van der Waals surface area (Å²) in [6.45, 7) is 3.65. The van der Waals surface area contributed by atoms with E-state index in [1.165, 1.54) is 0 Å². The molecule has 1 aromatic carbocycles. The van der Waals surface area contributed by atoms with Crippen molar-refractivity contribution >= 4 is 9.73 Å². The molecule has 0 saturated heterocycles. The van der Waals surface area contributed by atoms with Crippen molar-refractivity contribution in [2.75, 3.05) is 7.05 Å². The summed E-state index contributed by atoms with van der Waals surface area (Å²) in [6, 6.07) is 9.14. The van der Waals surface area contributed by atoms with E-state index in [2.05, 4.69) is 4.36 Å². The normalized spacial score (nSPS) is 18.2. The van der Waals surface area contributed by atoms with E-state index in [9.17, 15) is 9.32 Å². The van der Waals surface area contributed by atoms with E-state index in [1.54, 1.807) is 26.1 Å². The molecule has 0 saturated carbocycles. The van der Waals surface area contributed by atoms with Crippen LogP contribution in [0.5, 0.6) is 0 Å².